The van der Waals surface area contributed by atoms with E-state index < -0.39 is 5.41 Å². The van der Waals surface area contributed by atoms with E-state index in [1.807, 2.05) is 13.8 Å². The smallest absolute Gasteiger partial charge is 0.240 e. The number of aliphatic hydroxyl groups excluding tert-OH is 1. The number of carbonyl (C=O) groups is 1. The molecule has 2 N–H and O–H groups in total. The maximum absolute atomic E-state index is 12.1. The van der Waals surface area contributed by atoms with Crippen LogP contribution in [0, 0.1) is 22.7 Å². The highest BCUT2D eigenvalue weighted by Gasteiger charge is 2.41. The molecule has 0 aliphatic carbocycles. The Kier molecular flexibility index (Phi) is 4.91. The monoisotopic (exact) mass is 240 g/mol. The summed E-state index contributed by atoms with van der Waals surface area (Å²) in [4.78, 5) is 12.1. The predicted octanol–water partition coefficient (Wildman–Crippen LogP) is 0.440. The van der Waals surface area contributed by atoms with E-state index in [9.17, 15) is 15.2 Å². The van der Waals surface area contributed by atoms with Crippen molar-refractivity contribution < 1.29 is 14.6 Å². The van der Waals surface area contributed by atoms with Crippen molar-refractivity contribution in [3.05, 3.63) is 0 Å². The van der Waals surface area contributed by atoms with Crippen LogP contribution in [0.5, 0.6) is 0 Å². The van der Waals surface area contributed by atoms with E-state index in [1.165, 1.54) is 0 Å². The molecule has 1 rings (SSSR count). The highest BCUT2D eigenvalue weighted by atomic mass is 16.5. The summed E-state index contributed by atoms with van der Waals surface area (Å²) in [5.74, 6) is -0.143. The van der Waals surface area contributed by atoms with Crippen LogP contribution in [0.3, 0.4) is 0 Å². The lowest BCUT2D eigenvalue weighted by atomic mass is 9.80. The second kappa shape index (κ2) is 5.99. The lowest BCUT2D eigenvalue weighted by Gasteiger charge is -2.31. The molecule has 0 saturated carbocycles. The van der Waals surface area contributed by atoms with E-state index in [4.69, 9.17) is 4.74 Å². The van der Waals surface area contributed by atoms with Gasteiger partial charge >= 0.3 is 0 Å². The lowest BCUT2D eigenvalue weighted by Crippen LogP contribution is -2.50. The van der Waals surface area contributed by atoms with E-state index in [-0.39, 0.29) is 24.5 Å². The van der Waals surface area contributed by atoms with Crippen molar-refractivity contribution in [2.75, 3.05) is 19.8 Å². The highest BCUT2D eigenvalue weighted by molar-refractivity contribution is 5.85. The third-order valence-electron chi connectivity index (χ3n) is 3.31. The molecule has 1 amide bonds. The molecule has 1 aliphatic heterocycles. The number of nitriles is 1. The quantitative estimate of drug-likeness (QED) is 0.747. The average molecular weight is 240 g/mol. The standard InChI is InChI=1S/C12H20N2O3/c1-9(2)10(7-15)14-11(16)12(8-13)3-5-17-6-4-12/h9-10,15H,3-7H2,1-2H3,(H,14,16). The Morgan fingerprint density at radius 3 is 2.53 bits per heavy atom. The number of hydrogen-bond acceptors (Lipinski definition) is 4. The van der Waals surface area contributed by atoms with Crippen LogP contribution in [0.1, 0.15) is 26.7 Å². The molecule has 0 radical (unpaired) electrons. The van der Waals surface area contributed by atoms with Crippen LogP contribution >= 0.6 is 0 Å². The van der Waals surface area contributed by atoms with E-state index in [0.717, 1.165) is 0 Å². The van der Waals surface area contributed by atoms with Gasteiger partial charge in [-0.1, -0.05) is 13.8 Å². The topological polar surface area (TPSA) is 82.4 Å². The summed E-state index contributed by atoms with van der Waals surface area (Å²) >= 11 is 0. The van der Waals surface area contributed by atoms with Crippen LogP contribution in [0.4, 0.5) is 0 Å². The Morgan fingerprint density at radius 1 is 1.53 bits per heavy atom. The summed E-state index contributed by atoms with van der Waals surface area (Å²) in [6.45, 7) is 4.61. The Labute approximate surface area is 102 Å². The van der Waals surface area contributed by atoms with E-state index in [1.54, 1.807) is 0 Å². The largest absolute Gasteiger partial charge is 0.394 e. The van der Waals surface area contributed by atoms with E-state index >= 15 is 0 Å². The molecule has 5 heteroatoms. The number of rotatable bonds is 4. The minimum Gasteiger partial charge on any atom is -0.394 e. The van der Waals surface area contributed by atoms with Gasteiger partial charge in [-0.25, -0.2) is 0 Å². The number of nitrogens with zero attached hydrogens (tertiary/aromatic N) is 1. The van der Waals surface area contributed by atoms with Crippen LogP contribution in [0.2, 0.25) is 0 Å². The van der Waals surface area contributed by atoms with Crippen LogP contribution in [0.25, 0.3) is 0 Å². The van der Waals surface area contributed by atoms with Gasteiger partial charge in [0, 0.05) is 13.2 Å². The summed E-state index contributed by atoms with van der Waals surface area (Å²) in [6, 6.07) is 1.82. The maximum Gasteiger partial charge on any atom is 0.240 e. The second-order valence-electron chi connectivity index (χ2n) is 4.81. The SMILES string of the molecule is CC(C)C(CO)NC(=O)C1(C#N)CCOCC1. The van der Waals surface area contributed by atoms with Gasteiger partial charge in [0.05, 0.1) is 18.7 Å². The van der Waals surface area contributed by atoms with Gasteiger partial charge in [0.2, 0.25) is 5.91 Å². The normalized spacial score (nSPS) is 20.6. The molecule has 5 nitrogen and oxygen atoms in total. The van der Waals surface area contributed by atoms with Crippen molar-refractivity contribution in [1.29, 1.82) is 5.26 Å². The molecule has 1 saturated heterocycles. The number of aliphatic hydroxyl groups is 1. The molecule has 17 heavy (non-hydrogen) atoms. The first-order valence-electron chi connectivity index (χ1n) is 5.96. The first-order chi connectivity index (χ1) is 8.05. The Morgan fingerprint density at radius 2 is 2.12 bits per heavy atom. The zero-order valence-corrected chi connectivity index (χ0v) is 10.4. The van der Waals surface area contributed by atoms with Crippen LogP contribution in [-0.4, -0.2) is 36.9 Å². The molecular weight excluding hydrogens is 220 g/mol. The van der Waals surface area contributed by atoms with Gasteiger partial charge in [-0.2, -0.15) is 5.26 Å². The van der Waals surface area contributed by atoms with Gasteiger partial charge in [0.15, 0.2) is 0 Å². The van der Waals surface area contributed by atoms with Crippen LogP contribution in [-0.2, 0) is 9.53 Å². The predicted molar refractivity (Wildman–Crippen MR) is 62.0 cm³/mol. The van der Waals surface area contributed by atoms with Crippen molar-refractivity contribution >= 4 is 5.91 Å². The van der Waals surface area contributed by atoms with Gasteiger partial charge in [0.25, 0.3) is 0 Å². The molecule has 0 aromatic carbocycles. The van der Waals surface area contributed by atoms with Gasteiger partial charge in [0.1, 0.15) is 5.41 Å². The fraction of sp³-hybridized carbons (Fsp3) is 0.833. The van der Waals surface area contributed by atoms with Crippen molar-refractivity contribution in [2.45, 2.75) is 32.7 Å². The minimum atomic E-state index is -0.986. The molecule has 0 bridgehead atoms. The molecule has 1 aliphatic rings. The van der Waals surface area contributed by atoms with Gasteiger partial charge < -0.3 is 15.2 Å². The third kappa shape index (κ3) is 3.18. The lowest BCUT2D eigenvalue weighted by molar-refractivity contribution is -0.133. The summed E-state index contributed by atoms with van der Waals surface area (Å²) < 4.78 is 5.18. The summed E-state index contributed by atoms with van der Waals surface area (Å²) in [7, 11) is 0. The maximum atomic E-state index is 12.1. The molecule has 0 aromatic heterocycles. The fourth-order valence-electron chi connectivity index (χ4n) is 1.84. The first-order valence-corrected chi connectivity index (χ1v) is 5.96. The van der Waals surface area contributed by atoms with E-state index in [2.05, 4.69) is 11.4 Å². The van der Waals surface area contributed by atoms with Crippen LogP contribution in [0.15, 0.2) is 0 Å². The Bertz CT molecular complexity index is 303. The molecule has 1 fully saturated rings. The van der Waals surface area contributed by atoms with Crippen molar-refractivity contribution in [2.24, 2.45) is 11.3 Å². The molecule has 0 spiro atoms. The number of amides is 1. The third-order valence-corrected chi connectivity index (χ3v) is 3.31. The van der Waals surface area contributed by atoms with Crippen molar-refractivity contribution in [1.82, 2.24) is 5.32 Å². The second-order valence-corrected chi connectivity index (χ2v) is 4.81. The number of carbonyl (C=O) groups excluding carboxylic acids is 1. The fourth-order valence-corrected chi connectivity index (χ4v) is 1.84. The molecule has 0 aromatic rings. The Balaban J connectivity index is 2.70. The number of ether oxygens (including phenoxy) is 1. The van der Waals surface area contributed by atoms with E-state index in [0.29, 0.717) is 26.1 Å². The molecule has 1 heterocycles. The average Bonchev–Trinajstić information content (AvgIpc) is 2.35. The minimum absolute atomic E-state index is 0.110. The summed E-state index contributed by atoms with van der Waals surface area (Å²) in [5.41, 5.74) is -0.986. The van der Waals surface area contributed by atoms with Crippen LogP contribution < -0.4 is 5.32 Å². The molecular formula is C12H20N2O3. The van der Waals surface area contributed by atoms with Gasteiger partial charge in [-0.15, -0.1) is 0 Å². The van der Waals surface area contributed by atoms with Gasteiger partial charge in [-0.05, 0) is 18.8 Å². The zero-order chi connectivity index (χ0) is 12.9. The first kappa shape index (κ1) is 13.9. The zero-order valence-electron chi connectivity index (χ0n) is 10.4. The molecule has 96 valence electrons. The summed E-state index contributed by atoms with van der Waals surface area (Å²) in [5, 5.41) is 21.1. The van der Waals surface area contributed by atoms with Crippen molar-refractivity contribution in [3.8, 4) is 6.07 Å². The van der Waals surface area contributed by atoms with Crippen molar-refractivity contribution in [3.63, 3.8) is 0 Å². The highest BCUT2D eigenvalue weighted by Crippen LogP contribution is 2.30. The van der Waals surface area contributed by atoms with Gasteiger partial charge in [-0.3, -0.25) is 4.79 Å². The molecule has 1 atom stereocenters. The molecule has 1 unspecified atom stereocenters. The number of nitrogens with one attached hydrogen (secondary N) is 1. The summed E-state index contributed by atoms with van der Waals surface area (Å²) in [6.07, 6.45) is 0.844. The Hall–Kier alpha value is -1.12. The number of hydrogen-bond donors (Lipinski definition) is 2.